The maximum absolute atomic E-state index is 6.11. The fourth-order valence-electron chi connectivity index (χ4n) is 4.38. The van der Waals surface area contributed by atoms with E-state index in [1.54, 1.807) is 7.11 Å². The summed E-state index contributed by atoms with van der Waals surface area (Å²) in [7, 11) is 1.76. The van der Waals surface area contributed by atoms with Crippen LogP contribution in [0.4, 0.5) is 0 Å². The van der Waals surface area contributed by atoms with E-state index in [0.717, 1.165) is 26.1 Å². The van der Waals surface area contributed by atoms with E-state index in [1.165, 1.54) is 16.3 Å². The van der Waals surface area contributed by atoms with Gasteiger partial charge >= 0.3 is 179 Å². The van der Waals surface area contributed by atoms with Crippen LogP contribution in [0.15, 0.2) is 101 Å². The summed E-state index contributed by atoms with van der Waals surface area (Å²) in [6.45, 7) is 1.53. The molecule has 0 N–H and O–H groups in total. The van der Waals surface area contributed by atoms with Gasteiger partial charge in [0, 0.05) is 0 Å². The van der Waals surface area contributed by atoms with Crippen molar-refractivity contribution in [2.45, 2.75) is 18.9 Å². The first-order valence-electron chi connectivity index (χ1n) is 10.3. The van der Waals surface area contributed by atoms with Crippen LogP contribution < -0.4 is 10.7 Å². The summed E-state index contributed by atoms with van der Waals surface area (Å²) < 4.78 is 18.5. The normalized spacial score (nSPS) is 18.2. The topological polar surface area (TPSA) is 18.5 Å². The van der Waals surface area contributed by atoms with Gasteiger partial charge in [0.2, 0.25) is 0 Å². The van der Waals surface area contributed by atoms with E-state index < -0.39 is 18.4 Å². The summed E-state index contributed by atoms with van der Waals surface area (Å²) in [6, 6.07) is 33.4. The van der Waals surface area contributed by atoms with E-state index in [1.807, 2.05) is 0 Å². The van der Waals surface area contributed by atoms with Gasteiger partial charge in [-0.1, -0.05) is 0 Å². The Morgan fingerprint density at radius 1 is 0.828 bits per heavy atom. The van der Waals surface area contributed by atoms with Crippen LogP contribution in [0, 0.1) is 0 Å². The molecule has 0 radical (unpaired) electrons. The molecule has 3 heteroatoms. The average Bonchev–Trinajstić information content (AvgIpc) is 3.24. The summed E-state index contributed by atoms with van der Waals surface area (Å²) in [5.74, 6) is 0. The van der Waals surface area contributed by atoms with Gasteiger partial charge in [0.25, 0.3) is 0 Å². The molecule has 1 fully saturated rings. The predicted molar refractivity (Wildman–Crippen MR) is 123 cm³/mol. The van der Waals surface area contributed by atoms with Crippen molar-refractivity contribution >= 4 is 29.1 Å². The molecule has 3 aromatic rings. The number of ether oxygens (including phenoxy) is 2. The summed E-state index contributed by atoms with van der Waals surface area (Å²) in [6.07, 6.45) is 2.10. The molecule has 2 nitrogen and oxygen atoms in total. The molecule has 3 aromatic carbocycles. The van der Waals surface area contributed by atoms with E-state index in [2.05, 4.69) is 95.1 Å². The van der Waals surface area contributed by atoms with Gasteiger partial charge in [0.15, 0.2) is 0 Å². The molecule has 1 aliphatic rings. The zero-order chi connectivity index (χ0) is 19.9. The molecule has 1 unspecified atom stereocenters. The Balaban J connectivity index is 1.95. The summed E-state index contributed by atoms with van der Waals surface area (Å²) >= 11 is -3.37. The minimum atomic E-state index is -3.37. The van der Waals surface area contributed by atoms with Crippen LogP contribution in [0.1, 0.15) is 12.8 Å². The average molecular weight is 491 g/mol. The van der Waals surface area contributed by atoms with Crippen LogP contribution in [-0.4, -0.2) is 44.8 Å². The van der Waals surface area contributed by atoms with Crippen molar-refractivity contribution in [1.29, 1.82) is 0 Å². The van der Waals surface area contributed by atoms with Gasteiger partial charge in [-0.15, -0.1) is 0 Å². The summed E-state index contributed by atoms with van der Waals surface area (Å²) in [5.41, 5.74) is 1.45. The van der Waals surface area contributed by atoms with E-state index >= 15 is 0 Å². The second-order valence-corrected chi connectivity index (χ2v) is 17.9. The molecular weight excluding hydrogens is 463 g/mol. The van der Waals surface area contributed by atoms with E-state index in [0.29, 0.717) is 0 Å². The van der Waals surface area contributed by atoms with Crippen molar-refractivity contribution < 1.29 is 9.47 Å². The fourth-order valence-corrected chi connectivity index (χ4v) is 17.3. The van der Waals surface area contributed by atoms with Gasteiger partial charge in [-0.3, -0.25) is 0 Å². The quantitative estimate of drug-likeness (QED) is 0.472. The molecule has 29 heavy (non-hydrogen) atoms. The molecule has 4 rings (SSSR count). The summed E-state index contributed by atoms with van der Waals surface area (Å²) in [5, 5.41) is 0. The number of rotatable bonds is 7. The third-order valence-electron chi connectivity index (χ3n) is 5.80. The van der Waals surface area contributed by atoms with Gasteiger partial charge in [0.05, 0.1) is 0 Å². The number of hydrogen-bond acceptors (Lipinski definition) is 2. The minimum absolute atomic E-state index is 0.169. The molecule has 1 aliphatic heterocycles. The number of benzene rings is 3. The van der Waals surface area contributed by atoms with Crippen LogP contribution >= 0.6 is 0 Å². The van der Waals surface area contributed by atoms with Gasteiger partial charge in [-0.25, -0.2) is 0 Å². The molecule has 0 spiro atoms. The van der Waals surface area contributed by atoms with Crippen molar-refractivity contribution in [3.63, 3.8) is 0 Å². The Kier molecular flexibility index (Phi) is 6.85. The molecule has 0 saturated carbocycles. The van der Waals surface area contributed by atoms with Crippen molar-refractivity contribution in [2.75, 3.05) is 20.3 Å². The van der Waals surface area contributed by atoms with Crippen LogP contribution in [0.25, 0.3) is 0 Å². The molecular formula is C26H28O2Sn. The first kappa shape index (κ1) is 20.4. The van der Waals surface area contributed by atoms with E-state index in [9.17, 15) is 0 Å². The van der Waals surface area contributed by atoms with Crippen LogP contribution in [0.2, 0.25) is 0 Å². The van der Waals surface area contributed by atoms with Gasteiger partial charge in [-0.2, -0.15) is 0 Å². The van der Waals surface area contributed by atoms with Gasteiger partial charge in [0.1, 0.15) is 0 Å². The SMILES string of the molecule is COCCC1OCC/C1=[CH]\[Sn]([c]1ccccc1)([c]1ccccc1)[c]1ccccc1. The van der Waals surface area contributed by atoms with E-state index in [-0.39, 0.29) is 6.10 Å². The van der Waals surface area contributed by atoms with Gasteiger partial charge < -0.3 is 0 Å². The van der Waals surface area contributed by atoms with Gasteiger partial charge in [-0.05, 0) is 0 Å². The van der Waals surface area contributed by atoms with Crippen LogP contribution in [-0.2, 0) is 9.47 Å². The second-order valence-electron chi connectivity index (χ2n) is 7.52. The maximum atomic E-state index is 6.11. The molecule has 1 atom stereocenters. The van der Waals surface area contributed by atoms with E-state index in [4.69, 9.17) is 9.47 Å². The molecule has 0 amide bonds. The number of hydrogen-bond donors (Lipinski definition) is 0. The molecule has 1 heterocycles. The monoisotopic (exact) mass is 492 g/mol. The first-order valence-corrected chi connectivity index (χ1v) is 16.3. The number of methoxy groups -OCH3 is 1. The second kappa shape index (κ2) is 9.75. The standard InChI is InChI=1S/C8H13O2.3C6H5.Sn/c1-7-3-6-10-8(7)4-5-9-2;3*1-2-4-6-5-3-1;/h1,8H,3-6H2,2H3;3*1-5H;. The zero-order valence-electron chi connectivity index (χ0n) is 17.0. The van der Waals surface area contributed by atoms with Crippen molar-refractivity contribution in [1.82, 2.24) is 0 Å². The first-order chi connectivity index (χ1) is 14.3. The van der Waals surface area contributed by atoms with Crippen LogP contribution in [0.5, 0.6) is 0 Å². The Hall–Kier alpha value is -1.88. The predicted octanol–water partition coefficient (Wildman–Crippen LogP) is 3.45. The molecule has 0 aliphatic carbocycles. The Morgan fingerprint density at radius 3 is 1.76 bits per heavy atom. The Morgan fingerprint density at radius 2 is 1.31 bits per heavy atom. The van der Waals surface area contributed by atoms with Crippen LogP contribution in [0.3, 0.4) is 0 Å². The summed E-state index contributed by atoms with van der Waals surface area (Å²) in [4.78, 5) is 0. The molecule has 0 bridgehead atoms. The third-order valence-corrected chi connectivity index (χ3v) is 18.7. The van der Waals surface area contributed by atoms with Crippen molar-refractivity contribution in [2.24, 2.45) is 0 Å². The Labute approximate surface area is 178 Å². The Bertz CT molecular complexity index is 826. The zero-order valence-corrected chi connectivity index (χ0v) is 19.8. The van der Waals surface area contributed by atoms with Crippen molar-refractivity contribution in [3.8, 4) is 0 Å². The third kappa shape index (κ3) is 4.35. The molecule has 1 saturated heterocycles. The molecule has 148 valence electrons. The molecule has 0 aromatic heterocycles. The fraction of sp³-hybridized carbons (Fsp3) is 0.231. The van der Waals surface area contributed by atoms with Crippen molar-refractivity contribution in [3.05, 3.63) is 101 Å².